The van der Waals surface area contributed by atoms with Gasteiger partial charge < -0.3 is 10.0 Å². The van der Waals surface area contributed by atoms with Crippen LogP contribution in [0.2, 0.25) is 0 Å². The van der Waals surface area contributed by atoms with Gasteiger partial charge in [-0.15, -0.1) is 0 Å². The highest BCUT2D eigenvalue weighted by Crippen LogP contribution is 2.19. The molecule has 1 aliphatic rings. The second-order valence-electron chi connectivity index (χ2n) is 4.42. The molecule has 1 saturated heterocycles. The minimum atomic E-state index is -0.831. The highest BCUT2D eigenvalue weighted by molar-refractivity contribution is 7.99. The smallest absolute Gasteiger partial charge is 0.303 e. The number of aliphatic carboxylic acids is 1. The number of thioether (sulfide) groups is 1. The van der Waals surface area contributed by atoms with Gasteiger partial charge in [-0.2, -0.15) is 11.8 Å². The van der Waals surface area contributed by atoms with Crippen molar-refractivity contribution >= 4 is 23.6 Å². The van der Waals surface area contributed by atoms with Crippen molar-refractivity contribution in [3.05, 3.63) is 0 Å². The van der Waals surface area contributed by atoms with Crippen molar-refractivity contribution in [2.24, 2.45) is 5.92 Å². The van der Waals surface area contributed by atoms with E-state index < -0.39 is 5.97 Å². The van der Waals surface area contributed by atoms with Gasteiger partial charge in [0.15, 0.2) is 0 Å². The van der Waals surface area contributed by atoms with E-state index in [9.17, 15) is 9.59 Å². The highest BCUT2D eigenvalue weighted by Gasteiger charge is 2.24. The van der Waals surface area contributed by atoms with E-state index in [0.29, 0.717) is 6.42 Å². The van der Waals surface area contributed by atoms with Crippen molar-refractivity contribution in [2.45, 2.75) is 32.7 Å². The summed E-state index contributed by atoms with van der Waals surface area (Å²) in [7, 11) is 0. The van der Waals surface area contributed by atoms with Gasteiger partial charge in [0.05, 0.1) is 0 Å². The Morgan fingerprint density at radius 2 is 2.19 bits per heavy atom. The molecule has 1 heterocycles. The van der Waals surface area contributed by atoms with Crippen LogP contribution in [-0.4, -0.2) is 46.0 Å². The first-order valence-electron chi connectivity index (χ1n) is 5.59. The molecule has 92 valence electrons. The first-order valence-corrected chi connectivity index (χ1v) is 6.75. The molecule has 1 aliphatic heterocycles. The third kappa shape index (κ3) is 4.04. The summed E-state index contributed by atoms with van der Waals surface area (Å²) in [5.41, 5.74) is 0. The Morgan fingerprint density at radius 1 is 1.50 bits per heavy atom. The van der Waals surface area contributed by atoms with Gasteiger partial charge in [0.1, 0.15) is 0 Å². The maximum Gasteiger partial charge on any atom is 0.303 e. The number of carboxylic acid groups (broad SMARTS) is 1. The van der Waals surface area contributed by atoms with Gasteiger partial charge in [0, 0.05) is 36.9 Å². The SMILES string of the molecule is CC(CC(=O)O)CC(=O)N1CCSCC1C. The van der Waals surface area contributed by atoms with Crippen LogP contribution >= 0.6 is 11.8 Å². The molecule has 0 bridgehead atoms. The fourth-order valence-corrected chi connectivity index (χ4v) is 2.90. The maximum absolute atomic E-state index is 11.9. The molecular formula is C11H19NO3S. The van der Waals surface area contributed by atoms with Gasteiger partial charge >= 0.3 is 5.97 Å². The van der Waals surface area contributed by atoms with Crippen LogP contribution in [0.15, 0.2) is 0 Å². The minimum absolute atomic E-state index is 0.0721. The van der Waals surface area contributed by atoms with Gasteiger partial charge in [0.2, 0.25) is 5.91 Å². The van der Waals surface area contributed by atoms with Crippen LogP contribution in [0.25, 0.3) is 0 Å². The van der Waals surface area contributed by atoms with Crippen molar-refractivity contribution in [3.63, 3.8) is 0 Å². The van der Waals surface area contributed by atoms with Gasteiger partial charge in [0.25, 0.3) is 0 Å². The van der Waals surface area contributed by atoms with E-state index in [1.54, 1.807) is 0 Å². The van der Waals surface area contributed by atoms with Crippen molar-refractivity contribution in [1.29, 1.82) is 0 Å². The zero-order chi connectivity index (χ0) is 12.1. The molecule has 0 aromatic rings. The van der Waals surface area contributed by atoms with Crippen molar-refractivity contribution in [3.8, 4) is 0 Å². The zero-order valence-electron chi connectivity index (χ0n) is 9.81. The van der Waals surface area contributed by atoms with Crippen LogP contribution in [0.5, 0.6) is 0 Å². The number of rotatable bonds is 4. The normalized spacial score (nSPS) is 22.9. The monoisotopic (exact) mass is 245 g/mol. The van der Waals surface area contributed by atoms with Crippen LogP contribution in [0.4, 0.5) is 0 Å². The summed E-state index contributed by atoms with van der Waals surface area (Å²) in [5.74, 6) is 1.17. The number of carboxylic acids is 1. The molecule has 2 unspecified atom stereocenters. The highest BCUT2D eigenvalue weighted by atomic mass is 32.2. The molecule has 1 amide bonds. The third-order valence-corrected chi connectivity index (χ3v) is 3.92. The average Bonchev–Trinajstić information content (AvgIpc) is 2.16. The summed E-state index contributed by atoms with van der Waals surface area (Å²) in [4.78, 5) is 24.3. The van der Waals surface area contributed by atoms with E-state index >= 15 is 0 Å². The Kier molecular flexibility index (Phi) is 5.12. The van der Waals surface area contributed by atoms with Crippen LogP contribution in [0.1, 0.15) is 26.7 Å². The summed E-state index contributed by atoms with van der Waals surface area (Å²) in [6.45, 7) is 4.66. The lowest BCUT2D eigenvalue weighted by Crippen LogP contribution is -2.44. The van der Waals surface area contributed by atoms with E-state index in [0.717, 1.165) is 18.1 Å². The lowest BCUT2D eigenvalue weighted by Gasteiger charge is -2.33. The average molecular weight is 245 g/mol. The van der Waals surface area contributed by atoms with Crippen molar-refractivity contribution in [1.82, 2.24) is 4.90 Å². The summed E-state index contributed by atoms with van der Waals surface area (Å²) < 4.78 is 0. The van der Waals surface area contributed by atoms with Gasteiger partial charge in [-0.3, -0.25) is 9.59 Å². The molecule has 16 heavy (non-hydrogen) atoms. The molecule has 0 aromatic carbocycles. The van der Waals surface area contributed by atoms with E-state index in [2.05, 4.69) is 0 Å². The quantitative estimate of drug-likeness (QED) is 0.814. The van der Waals surface area contributed by atoms with Gasteiger partial charge in [-0.25, -0.2) is 0 Å². The van der Waals surface area contributed by atoms with Gasteiger partial charge in [-0.05, 0) is 12.8 Å². The molecule has 1 fully saturated rings. The number of hydrogen-bond acceptors (Lipinski definition) is 3. The molecule has 0 saturated carbocycles. The molecule has 2 atom stereocenters. The predicted molar refractivity (Wildman–Crippen MR) is 64.5 cm³/mol. The number of nitrogens with zero attached hydrogens (tertiary/aromatic N) is 1. The molecule has 0 aromatic heterocycles. The number of amides is 1. The Hall–Kier alpha value is -0.710. The lowest BCUT2D eigenvalue weighted by molar-refractivity contribution is -0.138. The van der Waals surface area contributed by atoms with Gasteiger partial charge in [-0.1, -0.05) is 6.92 Å². The second-order valence-corrected chi connectivity index (χ2v) is 5.57. The molecule has 0 aliphatic carbocycles. The zero-order valence-corrected chi connectivity index (χ0v) is 10.6. The fourth-order valence-electron chi connectivity index (χ4n) is 1.88. The number of carbonyl (C=O) groups is 2. The lowest BCUT2D eigenvalue weighted by atomic mass is 10.0. The van der Waals surface area contributed by atoms with Crippen LogP contribution in [0, 0.1) is 5.92 Å². The summed E-state index contributed by atoms with van der Waals surface area (Å²) >= 11 is 1.87. The summed E-state index contributed by atoms with van der Waals surface area (Å²) in [5, 5.41) is 8.63. The first-order chi connectivity index (χ1) is 7.50. The molecule has 5 heteroatoms. The Bertz CT molecular complexity index is 270. The minimum Gasteiger partial charge on any atom is -0.481 e. The maximum atomic E-state index is 11.9. The van der Waals surface area contributed by atoms with E-state index in [-0.39, 0.29) is 24.3 Å². The van der Waals surface area contributed by atoms with Crippen LogP contribution < -0.4 is 0 Å². The molecule has 4 nitrogen and oxygen atoms in total. The number of carbonyl (C=O) groups excluding carboxylic acids is 1. The topological polar surface area (TPSA) is 57.6 Å². The number of hydrogen-bond donors (Lipinski definition) is 1. The van der Waals surface area contributed by atoms with Crippen molar-refractivity contribution < 1.29 is 14.7 Å². The fraction of sp³-hybridized carbons (Fsp3) is 0.818. The molecule has 0 spiro atoms. The third-order valence-electron chi connectivity index (χ3n) is 2.73. The molecule has 0 radical (unpaired) electrons. The predicted octanol–water partition coefficient (Wildman–Crippen LogP) is 1.45. The van der Waals surface area contributed by atoms with E-state index in [4.69, 9.17) is 5.11 Å². The Labute approximate surface area is 100 Å². The Morgan fingerprint density at radius 3 is 2.75 bits per heavy atom. The first kappa shape index (κ1) is 13.4. The largest absolute Gasteiger partial charge is 0.481 e. The summed E-state index contributed by atoms with van der Waals surface area (Å²) in [6, 6.07) is 0.281. The van der Waals surface area contributed by atoms with E-state index in [1.807, 2.05) is 30.5 Å². The standard InChI is InChI=1S/C11H19NO3S/c1-8(6-11(14)15)5-10(13)12-3-4-16-7-9(12)2/h8-9H,3-7H2,1-2H3,(H,14,15). The molecule has 1 rings (SSSR count). The second kappa shape index (κ2) is 6.13. The van der Waals surface area contributed by atoms with Crippen LogP contribution in [-0.2, 0) is 9.59 Å². The van der Waals surface area contributed by atoms with Crippen LogP contribution in [0.3, 0.4) is 0 Å². The molecular weight excluding hydrogens is 226 g/mol. The van der Waals surface area contributed by atoms with E-state index in [1.165, 1.54) is 0 Å². The molecule has 1 N–H and O–H groups in total. The summed E-state index contributed by atoms with van der Waals surface area (Å²) in [6.07, 6.45) is 0.421. The Balaban J connectivity index is 2.41. The van der Waals surface area contributed by atoms with Crippen molar-refractivity contribution in [2.75, 3.05) is 18.1 Å².